The maximum atomic E-state index is 13.8. The molecular formula is C26H29N3O6S2. The molecular weight excluding hydrogens is 514 g/mol. The standard InChI is InChI=1S/C26H29N3O6S2/c1-3-33-25(32)22-15(2)21-23(37-22)28-26(36-13-20(30)27-17-7-5-4-6-8-17)29(24(21)31)12-16-9-10-18-19(11-16)35-14-34-18/h9-11,17H,3-8,12-14H2,1-2H3,(H,27,30). The van der Waals surface area contributed by atoms with Gasteiger partial charge in [-0.15, -0.1) is 11.3 Å². The lowest BCUT2D eigenvalue weighted by Crippen LogP contribution is -2.37. The Labute approximate surface area is 222 Å². The maximum absolute atomic E-state index is 13.8. The first-order valence-corrected chi connectivity index (χ1v) is 14.3. The lowest BCUT2D eigenvalue weighted by Gasteiger charge is -2.22. The number of esters is 1. The van der Waals surface area contributed by atoms with Crippen LogP contribution in [0.5, 0.6) is 11.5 Å². The van der Waals surface area contributed by atoms with Crippen LogP contribution in [0.1, 0.15) is 59.8 Å². The van der Waals surface area contributed by atoms with Gasteiger partial charge >= 0.3 is 5.97 Å². The molecule has 1 amide bonds. The number of thioether (sulfide) groups is 1. The molecule has 0 radical (unpaired) electrons. The molecule has 2 aliphatic rings. The molecule has 3 aromatic rings. The predicted octanol–water partition coefficient (Wildman–Crippen LogP) is 4.26. The molecule has 0 saturated heterocycles. The zero-order valence-electron chi connectivity index (χ0n) is 20.8. The molecule has 1 aliphatic carbocycles. The molecule has 3 heterocycles. The molecule has 5 rings (SSSR count). The molecule has 11 heteroatoms. The van der Waals surface area contributed by atoms with Crippen molar-refractivity contribution in [2.45, 2.75) is 63.7 Å². The predicted molar refractivity (Wildman–Crippen MR) is 142 cm³/mol. The van der Waals surface area contributed by atoms with Gasteiger partial charge in [-0.25, -0.2) is 9.78 Å². The molecule has 1 fully saturated rings. The topological polar surface area (TPSA) is 109 Å². The molecule has 1 saturated carbocycles. The highest BCUT2D eigenvalue weighted by Crippen LogP contribution is 2.34. The zero-order valence-corrected chi connectivity index (χ0v) is 22.5. The monoisotopic (exact) mass is 543 g/mol. The van der Waals surface area contributed by atoms with Gasteiger partial charge in [0.05, 0.1) is 24.3 Å². The van der Waals surface area contributed by atoms with E-state index in [4.69, 9.17) is 19.2 Å². The largest absolute Gasteiger partial charge is 0.462 e. The van der Waals surface area contributed by atoms with Crippen LogP contribution in [0.2, 0.25) is 0 Å². The number of fused-ring (bicyclic) bond motifs is 2. The van der Waals surface area contributed by atoms with E-state index in [1.807, 2.05) is 18.2 Å². The van der Waals surface area contributed by atoms with Crippen molar-refractivity contribution in [3.8, 4) is 11.5 Å². The number of rotatable bonds is 8. The fourth-order valence-corrected chi connectivity index (χ4v) is 6.63. The minimum atomic E-state index is -0.467. The molecule has 9 nitrogen and oxygen atoms in total. The quantitative estimate of drug-likeness (QED) is 0.255. The Balaban J connectivity index is 1.48. The molecule has 0 atom stereocenters. The van der Waals surface area contributed by atoms with E-state index in [0.717, 1.165) is 42.6 Å². The number of nitrogens with one attached hydrogen (secondary N) is 1. The van der Waals surface area contributed by atoms with E-state index in [1.165, 1.54) is 18.2 Å². The minimum Gasteiger partial charge on any atom is -0.462 e. The van der Waals surface area contributed by atoms with Gasteiger partial charge in [-0.1, -0.05) is 37.1 Å². The molecule has 0 spiro atoms. The van der Waals surface area contributed by atoms with E-state index in [0.29, 0.717) is 37.3 Å². The van der Waals surface area contributed by atoms with E-state index in [1.54, 1.807) is 18.4 Å². The molecule has 2 aromatic heterocycles. The summed E-state index contributed by atoms with van der Waals surface area (Å²) in [7, 11) is 0. The molecule has 1 aliphatic heterocycles. The first kappa shape index (κ1) is 25.6. The van der Waals surface area contributed by atoms with Crippen LogP contribution in [0.25, 0.3) is 10.2 Å². The SMILES string of the molecule is CCOC(=O)c1sc2nc(SCC(=O)NC3CCCCC3)n(Cc3ccc4c(c3)OCO4)c(=O)c2c1C. The van der Waals surface area contributed by atoms with E-state index in [2.05, 4.69) is 5.32 Å². The second-order valence-electron chi connectivity index (χ2n) is 9.12. The summed E-state index contributed by atoms with van der Waals surface area (Å²) < 4.78 is 17.6. The van der Waals surface area contributed by atoms with Crippen molar-refractivity contribution in [3.05, 3.63) is 44.6 Å². The number of hydrogen-bond acceptors (Lipinski definition) is 9. The van der Waals surface area contributed by atoms with Gasteiger partial charge in [0.25, 0.3) is 5.56 Å². The molecule has 37 heavy (non-hydrogen) atoms. The normalized spacial score (nSPS) is 15.2. The Morgan fingerprint density at radius 1 is 1.22 bits per heavy atom. The third kappa shape index (κ3) is 5.47. The summed E-state index contributed by atoms with van der Waals surface area (Å²) in [5, 5.41) is 3.93. The number of aromatic nitrogens is 2. The highest BCUT2D eigenvalue weighted by molar-refractivity contribution is 7.99. The average Bonchev–Trinajstić information content (AvgIpc) is 3.49. The minimum absolute atomic E-state index is 0.0737. The summed E-state index contributed by atoms with van der Waals surface area (Å²) in [6.45, 7) is 4.11. The first-order chi connectivity index (χ1) is 17.9. The van der Waals surface area contributed by atoms with Crippen molar-refractivity contribution >= 4 is 45.2 Å². The number of carbonyl (C=O) groups excluding carboxylic acids is 2. The van der Waals surface area contributed by atoms with Crippen LogP contribution in [-0.4, -0.2) is 46.6 Å². The second kappa shape index (κ2) is 11.1. The summed E-state index contributed by atoms with van der Waals surface area (Å²) in [4.78, 5) is 44.6. The van der Waals surface area contributed by atoms with Crippen LogP contribution in [0, 0.1) is 6.92 Å². The number of thiophene rings is 1. The van der Waals surface area contributed by atoms with Gasteiger partial charge < -0.3 is 19.5 Å². The Hall–Kier alpha value is -3.05. The fraction of sp³-hybridized carbons (Fsp3) is 0.462. The number of nitrogens with zero attached hydrogens (tertiary/aromatic N) is 2. The third-order valence-corrected chi connectivity index (χ3v) is 8.70. The summed E-state index contributed by atoms with van der Waals surface area (Å²) in [6, 6.07) is 5.74. The van der Waals surface area contributed by atoms with Crippen LogP contribution in [-0.2, 0) is 16.1 Å². The second-order valence-corrected chi connectivity index (χ2v) is 11.1. The van der Waals surface area contributed by atoms with Gasteiger partial charge in [0, 0.05) is 6.04 Å². The van der Waals surface area contributed by atoms with Gasteiger partial charge in [0.15, 0.2) is 16.7 Å². The van der Waals surface area contributed by atoms with Gasteiger partial charge in [0.1, 0.15) is 9.71 Å². The lowest BCUT2D eigenvalue weighted by atomic mass is 9.95. The number of carbonyl (C=O) groups is 2. The van der Waals surface area contributed by atoms with E-state index in [-0.39, 0.29) is 43.2 Å². The Morgan fingerprint density at radius 2 is 2.00 bits per heavy atom. The van der Waals surface area contributed by atoms with Crippen molar-refractivity contribution in [3.63, 3.8) is 0 Å². The summed E-state index contributed by atoms with van der Waals surface area (Å²) in [5.41, 5.74) is 1.13. The Bertz CT molecular complexity index is 1390. The van der Waals surface area contributed by atoms with Gasteiger partial charge in [-0.2, -0.15) is 0 Å². The zero-order chi connectivity index (χ0) is 25.9. The molecule has 0 unspecified atom stereocenters. The first-order valence-electron chi connectivity index (χ1n) is 12.5. The third-order valence-electron chi connectivity index (χ3n) is 6.56. The van der Waals surface area contributed by atoms with Gasteiger partial charge in [0.2, 0.25) is 12.7 Å². The van der Waals surface area contributed by atoms with E-state index < -0.39 is 5.97 Å². The Morgan fingerprint density at radius 3 is 2.78 bits per heavy atom. The van der Waals surface area contributed by atoms with Crippen LogP contribution in [0.3, 0.4) is 0 Å². The fourth-order valence-electron chi connectivity index (χ4n) is 4.71. The van der Waals surface area contributed by atoms with Crippen molar-refractivity contribution in [2.24, 2.45) is 0 Å². The van der Waals surface area contributed by atoms with Gasteiger partial charge in [-0.05, 0) is 49.9 Å². The van der Waals surface area contributed by atoms with Crippen molar-refractivity contribution in [1.82, 2.24) is 14.9 Å². The number of amides is 1. The number of benzene rings is 1. The smallest absolute Gasteiger partial charge is 0.348 e. The summed E-state index contributed by atoms with van der Waals surface area (Å²) >= 11 is 2.37. The number of aryl methyl sites for hydroxylation is 1. The van der Waals surface area contributed by atoms with Gasteiger partial charge in [-0.3, -0.25) is 14.2 Å². The number of hydrogen-bond donors (Lipinski definition) is 1. The van der Waals surface area contributed by atoms with Crippen LogP contribution < -0.4 is 20.3 Å². The van der Waals surface area contributed by atoms with Crippen molar-refractivity contribution in [1.29, 1.82) is 0 Å². The number of ether oxygens (including phenoxy) is 3. The molecule has 1 N–H and O–H groups in total. The Kier molecular flexibility index (Phi) is 7.71. The van der Waals surface area contributed by atoms with Crippen LogP contribution >= 0.6 is 23.1 Å². The highest BCUT2D eigenvalue weighted by atomic mass is 32.2. The summed E-state index contributed by atoms with van der Waals surface area (Å²) in [6.07, 6.45) is 5.48. The van der Waals surface area contributed by atoms with Crippen molar-refractivity contribution in [2.75, 3.05) is 19.2 Å². The van der Waals surface area contributed by atoms with Crippen LogP contribution in [0.15, 0.2) is 28.2 Å². The highest BCUT2D eigenvalue weighted by Gasteiger charge is 2.24. The van der Waals surface area contributed by atoms with Crippen molar-refractivity contribution < 1.29 is 23.8 Å². The van der Waals surface area contributed by atoms with Crippen LogP contribution in [0.4, 0.5) is 0 Å². The van der Waals surface area contributed by atoms with E-state index >= 15 is 0 Å². The lowest BCUT2D eigenvalue weighted by molar-refractivity contribution is -0.119. The maximum Gasteiger partial charge on any atom is 0.348 e. The average molecular weight is 544 g/mol. The molecule has 196 valence electrons. The summed E-state index contributed by atoms with van der Waals surface area (Å²) in [5.74, 6) is 0.884. The molecule has 1 aromatic carbocycles. The molecule has 0 bridgehead atoms. The van der Waals surface area contributed by atoms with E-state index in [9.17, 15) is 14.4 Å².